The van der Waals surface area contributed by atoms with E-state index in [9.17, 15) is 8.42 Å². The maximum Gasteiger partial charge on any atom is 0.240 e. The predicted octanol–water partition coefficient (Wildman–Crippen LogP) is 4.64. The second-order valence-corrected chi connectivity index (χ2v) is 11.2. The smallest absolute Gasteiger partial charge is 0.240 e. The van der Waals surface area contributed by atoms with Gasteiger partial charge in [-0.3, -0.25) is 4.90 Å². The molecule has 2 heterocycles. The number of nitrogens with zero attached hydrogens (tertiary/aromatic N) is 2. The van der Waals surface area contributed by atoms with E-state index in [2.05, 4.69) is 32.7 Å². The third kappa shape index (κ3) is 5.70. The molecule has 0 aliphatic carbocycles. The van der Waals surface area contributed by atoms with Crippen molar-refractivity contribution in [3.05, 3.63) is 75.9 Å². The van der Waals surface area contributed by atoms with Gasteiger partial charge in [-0.05, 0) is 66.9 Å². The second kappa shape index (κ2) is 10.4. The fourth-order valence-electron chi connectivity index (χ4n) is 4.24. The fourth-order valence-corrected chi connectivity index (χ4v) is 6.58. The van der Waals surface area contributed by atoms with E-state index in [0.717, 1.165) is 36.8 Å². The highest BCUT2D eigenvalue weighted by molar-refractivity contribution is 7.89. The van der Waals surface area contributed by atoms with Crippen LogP contribution in [-0.2, 0) is 10.0 Å². The van der Waals surface area contributed by atoms with Crippen molar-refractivity contribution in [2.75, 3.05) is 38.2 Å². The van der Waals surface area contributed by atoms with Crippen LogP contribution < -0.4 is 14.4 Å². The first kappa shape index (κ1) is 24.0. The lowest BCUT2D eigenvalue weighted by Gasteiger charge is -2.42. The van der Waals surface area contributed by atoms with Crippen LogP contribution in [0.4, 0.5) is 5.69 Å². The van der Waals surface area contributed by atoms with Crippen LogP contribution in [0.1, 0.15) is 17.8 Å². The van der Waals surface area contributed by atoms with E-state index in [4.69, 9.17) is 16.3 Å². The van der Waals surface area contributed by atoms with Crippen LogP contribution in [0.2, 0.25) is 5.02 Å². The third-order valence-corrected chi connectivity index (χ3v) is 8.69. The molecule has 2 aromatic carbocycles. The lowest BCUT2D eigenvalue weighted by molar-refractivity contribution is 0.164. The van der Waals surface area contributed by atoms with Crippen LogP contribution in [0.15, 0.2) is 70.9 Å². The summed E-state index contributed by atoms with van der Waals surface area (Å²) < 4.78 is 34.2. The molecule has 3 aromatic rings. The Labute approximate surface area is 204 Å². The van der Waals surface area contributed by atoms with Gasteiger partial charge in [-0.2, -0.15) is 0 Å². The number of hydrogen-bond acceptors (Lipinski definition) is 6. The van der Waals surface area contributed by atoms with Crippen molar-refractivity contribution in [2.24, 2.45) is 0 Å². The molecule has 1 aromatic heterocycles. The van der Waals surface area contributed by atoms with Crippen LogP contribution in [0.5, 0.6) is 5.75 Å². The quantitative estimate of drug-likeness (QED) is 0.483. The maximum absolute atomic E-state index is 13.0. The molecule has 1 saturated heterocycles. The first-order chi connectivity index (χ1) is 15.9. The Morgan fingerprint density at radius 3 is 2.24 bits per heavy atom. The minimum absolute atomic E-state index is 0.0508. The second-order valence-electron chi connectivity index (χ2n) is 8.05. The van der Waals surface area contributed by atoms with Gasteiger partial charge in [-0.25, -0.2) is 13.1 Å². The zero-order valence-corrected chi connectivity index (χ0v) is 21.0. The van der Waals surface area contributed by atoms with E-state index in [1.165, 1.54) is 17.8 Å². The topological polar surface area (TPSA) is 61.9 Å². The lowest BCUT2D eigenvalue weighted by Crippen LogP contribution is -2.52. The van der Waals surface area contributed by atoms with Crippen molar-refractivity contribution in [1.82, 2.24) is 9.62 Å². The molecule has 0 bridgehead atoms. The summed E-state index contributed by atoms with van der Waals surface area (Å²) in [6.07, 6.45) is 0. The van der Waals surface area contributed by atoms with Crippen molar-refractivity contribution >= 4 is 38.6 Å². The predicted molar refractivity (Wildman–Crippen MR) is 135 cm³/mol. The summed E-state index contributed by atoms with van der Waals surface area (Å²) in [6, 6.07) is 18.1. The Bertz CT molecular complexity index is 1130. The van der Waals surface area contributed by atoms with Gasteiger partial charge in [0.05, 0.1) is 18.0 Å². The fraction of sp³-hybridized carbons (Fsp3) is 0.333. The largest absolute Gasteiger partial charge is 0.497 e. The average molecular weight is 506 g/mol. The molecule has 0 saturated carbocycles. The molecule has 9 heteroatoms. The molecular formula is C24H28ClN3O3S2. The highest BCUT2D eigenvalue weighted by Gasteiger charge is 2.32. The molecule has 1 aliphatic heterocycles. The average Bonchev–Trinajstić information content (AvgIpc) is 3.34. The van der Waals surface area contributed by atoms with E-state index >= 15 is 0 Å². The summed E-state index contributed by atoms with van der Waals surface area (Å²) in [5.41, 5.74) is 1.17. The molecule has 0 spiro atoms. The number of rotatable bonds is 8. The van der Waals surface area contributed by atoms with E-state index < -0.39 is 10.0 Å². The monoisotopic (exact) mass is 505 g/mol. The number of halogens is 1. The Morgan fingerprint density at radius 2 is 1.67 bits per heavy atom. The minimum Gasteiger partial charge on any atom is -0.497 e. The highest BCUT2D eigenvalue weighted by atomic mass is 35.5. The van der Waals surface area contributed by atoms with Gasteiger partial charge in [-0.15, -0.1) is 11.3 Å². The van der Waals surface area contributed by atoms with Gasteiger partial charge in [0, 0.05) is 47.8 Å². The summed E-state index contributed by atoms with van der Waals surface area (Å²) in [4.78, 5) is 6.09. The number of anilines is 1. The van der Waals surface area contributed by atoms with Crippen LogP contribution in [-0.4, -0.2) is 52.6 Å². The van der Waals surface area contributed by atoms with Gasteiger partial charge < -0.3 is 9.64 Å². The SMILES string of the molecule is COc1ccc(N2CCN([C@H](c3cccs3)[C@@H](C)NS(=O)(=O)c3ccc(Cl)cc3)CC2)cc1. The molecule has 6 nitrogen and oxygen atoms in total. The zero-order valence-electron chi connectivity index (χ0n) is 18.6. The molecule has 4 rings (SSSR count). The number of thiophene rings is 1. The standard InChI is InChI=1S/C24H28ClN3O3S2/c1-18(26-33(29,30)22-11-5-19(25)6-12-22)24(23-4-3-17-32-23)28-15-13-27(14-16-28)20-7-9-21(31-2)10-8-20/h3-12,17-18,24,26H,13-16H2,1-2H3/t18-,24+/m1/s1. The van der Waals surface area contributed by atoms with E-state index in [0.29, 0.717) is 5.02 Å². The van der Waals surface area contributed by atoms with E-state index in [1.54, 1.807) is 30.6 Å². The molecule has 1 fully saturated rings. The van der Waals surface area contributed by atoms with Crippen LogP contribution in [0.25, 0.3) is 0 Å². The van der Waals surface area contributed by atoms with E-state index in [1.807, 2.05) is 30.5 Å². The van der Waals surface area contributed by atoms with Crippen LogP contribution in [0, 0.1) is 0 Å². The Morgan fingerprint density at radius 1 is 1.00 bits per heavy atom. The van der Waals surface area contributed by atoms with Gasteiger partial charge >= 0.3 is 0 Å². The molecule has 176 valence electrons. The zero-order chi connectivity index (χ0) is 23.4. The molecule has 0 radical (unpaired) electrons. The number of benzene rings is 2. The summed E-state index contributed by atoms with van der Waals surface area (Å²) >= 11 is 7.58. The van der Waals surface area contributed by atoms with Gasteiger partial charge in [0.1, 0.15) is 5.75 Å². The van der Waals surface area contributed by atoms with Crippen LogP contribution in [0.3, 0.4) is 0 Å². The molecule has 33 heavy (non-hydrogen) atoms. The highest BCUT2D eigenvalue weighted by Crippen LogP contribution is 2.31. The molecular weight excluding hydrogens is 478 g/mol. The third-order valence-electron chi connectivity index (χ3n) is 5.92. The van der Waals surface area contributed by atoms with Gasteiger partial charge in [0.2, 0.25) is 10.0 Å². The summed E-state index contributed by atoms with van der Waals surface area (Å²) in [6.45, 7) is 5.34. The Kier molecular flexibility index (Phi) is 7.61. The number of sulfonamides is 1. The molecule has 0 amide bonds. The summed E-state index contributed by atoms with van der Waals surface area (Å²) in [5, 5.41) is 2.55. The Balaban J connectivity index is 1.48. The molecule has 1 aliphatic rings. The number of methoxy groups -OCH3 is 1. The Hall–Kier alpha value is -2.10. The first-order valence-corrected chi connectivity index (χ1v) is 13.6. The number of hydrogen-bond donors (Lipinski definition) is 1. The molecule has 0 unspecified atom stereocenters. The molecule has 1 N–H and O–H groups in total. The number of nitrogens with one attached hydrogen (secondary N) is 1. The van der Waals surface area contributed by atoms with E-state index in [-0.39, 0.29) is 17.0 Å². The lowest BCUT2D eigenvalue weighted by atomic mass is 10.1. The van der Waals surface area contributed by atoms with Crippen molar-refractivity contribution < 1.29 is 13.2 Å². The van der Waals surface area contributed by atoms with Crippen molar-refractivity contribution in [2.45, 2.75) is 23.9 Å². The minimum atomic E-state index is -3.66. The van der Waals surface area contributed by atoms with Crippen molar-refractivity contribution in [3.8, 4) is 5.75 Å². The first-order valence-electron chi connectivity index (χ1n) is 10.8. The number of ether oxygens (including phenoxy) is 1. The maximum atomic E-state index is 13.0. The normalized spacial score (nSPS) is 17.0. The summed E-state index contributed by atoms with van der Waals surface area (Å²) in [7, 11) is -2.00. The van der Waals surface area contributed by atoms with Crippen molar-refractivity contribution in [3.63, 3.8) is 0 Å². The van der Waals surface area contributed by atoms with Gasteiger partial charge in [0.15, 0.2) is 0 Å². The van der Waals surface area contributed by atoms with Gasteiger partial charge in [0.25, 0.3) is 0 Å². The van der Waals surface area contributed by atoms with Crippen LogP contribution >= 0.6 is 22.9 Å². The molecule has 2 atom stereocenters. The van der Waals surface area contributed by atoms with Gasteiger partial charge in [-0.1, -0.05) is 17.7 Å². The number of piperazine rings is 1. The van der Waals surface area contributed by atoms with Crippen molar-refractivity contribution in [1.29, 1.82) is 0 Å². The summed E-state index contributed by atoms with van der Waals surface area (Å²) in [5.74, 6) is 0.844.